The molecule has 2 aromatic rings. The standard InChI is InChI=1S/C18H26N4O2/c1-12-5-6-14-13(11-12)20-17(24-14)22-9-7-21(8-10-22)16(23)15(19)18(2,3)4/h5-6,11,15H,7-10,19H2,1-4H3/t15-/m1/s1. The average molecular weight is 330 g/mol. The second-order valence-corrected chi connectivity index (χ2v) is 7.62. The molecule has 0 aliphatic carbocycles. The summed E-state index contributed by atoms with van der Waals surface area (Å²) in [5, 5.41) is 0. The third kappa shape index (κ3) is 3.24. The maximum absolute atomic E-state index is 12.5. The van der Waals surface area contributed by atoms with Crippen molar-refractivity contribution in [2.24, 2.45) is 11.1 Å². The van der Waals surface area contributed by atoms with E-state index >= 15 is 0 Å². The highest BCUT2D eigenvalue weighted by atomic mass is 16.4. The van der Waals surface area contributed by atoms with Crippen molar-refractivity contribution in [2.75, 3.05) is 31.1 Å². The van der Waals surface area contributed by atoms with Crippen LogP contribution in [0.3, 0.4) is 0 Å². The van der Waals surface area contributed by atoms with E-state index in [-0.39, 0.29) is 11.3 Å². The molecule has 1 aromatic heterocycles. The van der Waals surface area contributed by atoms with Crippen LogP contribution < -0.4 is 10.6 Å². The van der Waals surface area contributed by atoms with E-state index in [1.807, 2.05) is 50.8 Å². The Bertz CT molecular complexity index is 739. The van der Waals surface area contributed by atoms with E-state index in [4.69, 9.17) is 10.2 Å². The zero-order valence-corrected chi connectivity index (χ0v) is 14.9. The Hall–Kier alpha value is -2.08. The fourth-order valence-corrected chi connectivity index (χ4v) is 2.85. The van der Waals surface area contributed by atoms with E-state index < -0.39 is 6.04 Å². The molecular weight excluding hydrogens is 304 g/mol. The quantitative estimate of drug-likeness (QED) is 0.913. The van der Waals surface area contributed by atoms with Crippen LogP contribution in [0, 0.1) is 12.3 Å². The number of carbonyl (C=O) groups excluding carboxylic acids is 1. The van der Waals surface area contributed by atoms with E-state index in [9.17, 15) is 4.79 Å². The lowest BCUT2D eigenvalue weighted by molar-refractivity contribution is -0.135. The number of aromatic nitrogens is 1. The van der Waals surface area contributed by atoms with E-state index in [2.05, 4.69) is 9.88 Å². The molecule has 0 unspecified atom stereocenters. The largest absolute Gasteiger partial charge is 0.423 e. The number of hydrogen-bond donors (Lipinski definition) is 1. The molecule has 0 bridgehead atoms. The molecule has 6 heteroatoms. The Morgan fingerprint density at radius 1 is 1.25 bits per heavy atom. The van der Waals surface area contributed by atoms with E-state index in [0.29, 0.717) is 32.2 Å². The average Bonchev–Trinajstić information content (AvgIpc) is 2.95. The molecule has 1 amide bonds. The molecule has 2 N–H and O–H groups in total. The highest BCUT2D eigenvalue weighted by Crippen LogP contribution is 2.24. The van der Waals surface area contributed by atoms with Gasteiger partial charge in [0.25, 0.3) is 6.01 Å². The van der Waals surface area contributed by atoms with Crippen LogP contribution in [-0.4, -0.2) is 48.0 Å². The van der Waals surface area contributed by atoms with Gasteiger partial charge in [-0.05, 0) is 30.0 Å². The fraction of sp³-hybridized carbons (Fsp3) is 0.556. The third-order valence-corrected chi connectivity index (χ3v) is 4.59. The summed E-state index contributed by atoms with van der Waals surface area (Å²) in [6, 6.07) is 6.13. The van der Waals surface area contributed by atoms with Gasteiger partial charge in [0.05, 0.1) is 6.04 Å². The highest BCUT2D eigenvalue weighted by Gasteiger charge is 2.33. The Morgan fingerprint density at radius 2 is 1.92 bits per heavy atom. The van der Waals surface area contributed by atoms with Crippen LogP contribution in [0.4, 0.5) is 6.01 Å². The predicted molar refractivity (Wildman–Crippen MR) is 95.0 cm³/mol. The third-order valence-electron chi connectivity index (χ3n) is 4.59. The first-order chi connectivity index (χ1) is 11.3. The van der Waals surface area contributed by atoms with E-state index in [1.165, 1.54) is 0 Å². The molecule has 1 aliphatic rings. The number of nitrogens with two attached hydrogens (primary N) is 1. The van der Waals surface area contributed by atoms with Gasteiger partial charge in [0.15, 0.2) is 5.58 Å². The summed E-state index contributed by atoms with van der Waals surface area (Å²) in [7, 11) is 0. The van der Waals surface area contributed by atoms with Gasteiger partial charge in [-0.15, -0.1) is 0 Å². The number of rotatable bonds is 2. The molecule has 130 valence electrons. The van der Waals surface area contributed by atoms with Crippen LogP contribution in [0.5, 0.6) is 0 Å². The van der Waals surface area contributed by atoms with Gasteiger partial charge in [0, 0.05) is 26.2 Å². The number of oxazole rings is 1. The zero-order valence-electron chi connectivity index (χ0n) is 14.9. The lowest BCUT2D eigenvalue weighted by Crippen LogP contribution is -2.56. The normalized spacial score (nSPS) is 17.4. The van der Waals surface area contributed by atoms with Crippen LogP contribution in [-0.2, 0) is 4.79 Å². The minimum absolute atomic E-state index is 0.0235. The van der Waals surface area contributed by atoms with Gasteiger partial charge in [0.1, 0.15) is 5.52 Å². The molecule has 1 atom stereocenters. The molecular formula is C18H26N4O2. The zero-order chi connectivity index (χ0) is 17.5. The smallest absolute Gasteiger partial charge is 0.298 e. The van der Waals surface area contributed by atoms with Gasteiger partial charge < -0.3 is 20.0 Å². The Balaban J connectivity index is 1.67. The van der Waals surface area contributed by atoms with Crippen molar-refractivity contribution in [3.8, 4) is 0 Å². The fourth-order valence-electron chi connectivity index (χ4n) is 2.85. The maximum atomic E-state index is 12.5. The van der Waals surface area contributed by atoms with Crippen LogP contribution in [0.25, 0.3) is 11.1 Å². The predicted octanol–water partition coefficient (Wildman–Crippen LogP) is 2.16. The Morgan fingerprint density at radius 3 is 2.54 bits per heavy atom. The van der Waals surface area contributed by atoms with Crippen LogP contribution in [0.1, 0.15) is 26.3 Å². The summed E-state index contributed by atoms with van der Waals surface area (Å²) < 4.78 is 5.85. The number of amides is 1. The van der Waals surface area contributed by atoms with Gasteiger partial charge in [-0.1, -0.05) is 26.8 Å². The molecule has 6 nitrogen and oxygen atoms in total. The molecule has 1 saturated heterocycles. The van der Waals surface area contributed by atoms with Crippen molar-refractivity contribution >= 4 is 23.0 Å². The Kier molecular flexibility index (Phi) is 4.25. The van der Waals surface area contributed by atoms with Crippen LogP contribution in [0.2, 0.25) is 0 Å². The summed E-state index contributed by atoms with van der Waals surface area (Å²) in [5.41, 5.74) is 8.70. The first kappa shape index (κ1) is 16.8. The SMILES string of the molecule is Cc1ccc2oc(N3CCN(C(=O)[C@@H](N)C(C)(C)C)CC3)nc2c1. The van der Waals surface area contributed by atoms with Crippen LogP contribution in [0.15, 0.2) is 22.6 Å². The lowest BCUT2D eigenvalue weighted by Gasteiger charge is -2.37. The van der Waals surface area contributed by atoms with Gasteiger partial charge in [-0.25, -0.2) is 0 Å². The second-order valence-electron chi connectivity index (χ2n) is 7.62. The molecule has 0 saturated carbocycles. The van der Waals surface area contributed by atoms with E-state index in [0.717, 1.165) is 16.7 Å². The molecule has 1 fully saturated rings. The minimum atomic E-state index is -0.476. The molecule has 1 aromatic carbocycles. The van der Waals surface area contributed by atoms with E-state index in [1.54, 1.807) is 0 Å². The number of anilines is 1. The first-order valence-electron chi connectivity index (χ1n) is 8.42. The highest BCUT2D eigenvalue weighted by molar-refractivity contribution is 5.82. The van der Waals surface area contributed by atoms with Crippen LogP contribution >= 0.6 is 0 Å². The van der Waals surface area contributed by atoms with Crippen molar-refractivity contribution in [3.05, 3.63) is 23.8 Å². The molecule has 3 rings (SSSR count). The number of aryl methyl sites for hydroxylation is 1. The molecule has 2 heterocycles. The van der Waals surface area contributed by atoms with Crippen molar-refractivity contribution in [2.45, 2.75) is 33.7 Å². The van der Waals surface area contributed by atoms with Gasteiger partial charge in [-0.3, -0.25) is 4.79 Å². The number of nitrogens with zero attached hydrogens (tertiary/aromatic N) is 3. The minimum Gasteiger partial charge on any atom is -0.423 e. The summed E-state index contributed by atoms with van der Waals surface area (Å²) >= 11 is 0. The number of carbonyl (C=O) groups is 1. The summed E-state index contributed by atoms with van der Waals surface area (Å²) in [6.45, 7) is 10.7. The lowest BCUT2D eigenvalue weighted by atomic mass is 9.86. The molecule has 24 heavy (non-hydrogen) atoms. The maximum Gasteiger partial charge on any atom is 0.298 e. The molecule has 0 radical (unpaired) electrons. The van der Waals surface area contributed by atoms with Crippen molar-refractivity contribution in [1.82, 2.24) is 9.88 Å². The van der Waals surface area contributed by atoms with Gasteiger partial charge in [-0.2, -0.15) is 4.98 Å². The number of fused-ring (bicyclic) bond motifs is 1. The molecule has 1 aliphatic heterocycles. The van der Waals surface area contributed by atoms with Crippen molar-refractivity contribution < 1.29 is 9.21 Å². The van der Waals surface area contributed by atoms with Gasteiger partial charge >= 0.3 is 0 Å². The summed E-state index contributed by atoms with van der Waals surface area (Å²) in [6.07, 6.45) is 0. The first-order valence-corrected chi connectivity index (χ1v) is 8.42. The van der Waals surface area contributed by atoms with Gasteiger partial charge in [0.2, 0.25) is 5.91 Å². The monoisotopic (exact) mass is 330 g/mol. The topological polar surface area (TPSA) is 75.6 Å². The van der Waals surface area contributed by atoms with Crippen molar-refractivity contribution in [1.29, 1.82) is 0 Å². The summed E-state index contributed by atoms with van der Waals surface area (Å²) in [4.78, 5) is 21.0. The number of piperazine rings is 1. The molecule has 0 spiro atoms. The van der Waals surface area contributed by atoms with Crippen molar-refractivity contribution in [3.63, 3.8) is 0 Å². The Labute approximate surface area is 142 Å². The second kappa shape index (κ2) is 6.09. The number of hydrogen-bond acceptors (Lipinski definition) is 5. The summed E-state index contributed by atoms with van der Waals surface area (Å²) in [5.74, 6) is 0.0235. The number of benzene rings is 1.